The lowest BCUT2D eigenvalue weighted by Crippen LogP contribution is -2.59. The third-order valence-corrected chi connectivity index (χ3v) is 6.36. The molecule has 40 heavy (non-hydrogen) atoms. The highest BCUT2D eigenvalue weighted by atomic mass is 19.4. The van der Waals surface area contributed by atoms with Crippen molar-refractivity contribution in [3.05, 3.63) is 65.2 Å². The highest BCUT2D eigenvalue weighted by molar-refractivity contribution is 5.96. The number of nitrogens with zero attached hydrogens (tertiary/aromatic N) is 2. The first kappa shape index (κ1) is 30.7. The molecule has 3 rings (SSSR count). The van der Waals surface area contributed by atoms with E-state index >= 15 is 0 Å². The minimum absolute atomic E-state index is 0.00158. The Kier molecular flexibility index (Phi) is 9.32. The van der Waals surface area contributed by atoms with Crippen LogP contribution >= 0.6 is 0 Å². The molecule has 1 fully saturated rings. The fraction of sp³-hybridized carbons (Fsp3) is 0.433. The van der Waals surface area contributed by atoms with Crippen LogP contribution in [0.4, 0.5) is 18.0 Å². The van der Waals surface area contributed by atoms with Gasteiger partial charge in [0.15, 0.2) is 0 Å². The Balaban J connectivity index is 1.97. The molecule has 1 radical (unpaired) electrons. The molecule has 2 aromatic rings. The molecule has 0 N–H and O–H groups in total. The molecule has 7 nitrogen and oxygen atoms in total. The molecule has 10 heteroatoms. The fourth-order valence-electron chi connectivity index (χ4n) is 4.53. The third kappa shape index (κ3) is 7.22. The first-order valence-electron chi connectivity index (χ1n) is 12.9. The smallest absolute Gasteiger partial charge is 0.417 e. The molecular weight excluding hydrogens is 525 g/mol. The highest BCUT2D eigenvalue weighted by Crippen LogP contribution is 2.41. The van der Waals surface area contributed by atoms with E-state index in [1.807, 2.05) is 13.8 Å². The number of hydrogen-bond donors (Lipinski definition) is 0. The maximum absolute atomic E-state index is 14.1. The second-order valence-electron chi connectivity index (χ2n) is 10.8. The maximum Gasteiger partial charge on any atom is 0.417 e. The Morgan fingerprint density at radius 1 is 1.07 bits per heavy atom. The lowest BCUT2D eigenvalue weighted by atomic mass is 9.87. The van der Waals surface area contributed by atoms with Crippen LogP contribution in [0.15, 0.2) is 42.5 Å². The topological polar surface area (TPSA) is 76.2 Å². The van der Waals surface area contributed by atoms with Gasteiger partial charge in [-0.05, 0) is 55.5 Å². The van der Waals surface area contributed by atoms with Crippen molar-refractivity contribution < 1.29 is 37.0 Å². The monoisotopic (exact) mass is 559 g/mol. The number of methoxy groups -OCH3 is 1. The summed E-state index contributed by atoms with van der Waals surface area (Å²) in [4.78, 5) is 41.0. The van der Waals surface area contributed by atoms with E-state index < -0.39 is 41.4 Å². The third-order valence-electron chi connectivity index (χ3n) is 6.36. The van der Waals surface area contributed by atoms with Crippen LogP contribution in [0.1, 0.15) is 57.2 Å². The van der Waals surface area contributed by atoms with Gasteiger partial charge in [-0.3, -0.25) is 4.79 Å². The highest BCUT2D eigenvalue weighted by Gasteiger charge is 2.39. The molecule has 1 aliphatic heterocycles. The van der Waals surface area contributed by atoms with Crippen LogP contribution in [0, 0.1) is 6.07 Å². The molecule has 1 aliphatic rings. The van der Waals surface area contributed by atoms with Crippen molar-refractivity contribution in [1.82, 2.24) is 9.80 Å². The molecule has 2 aromatic carbocycles. The lowest BCUT2D eigenvalue weighted by molar-refractivity contribution is -0.154. The Morgan fingerprint density at radius 3 is 2.35 bits per heavy atom. The summed E-state index contributed by atoms with van der Waals surface area (Å²) in [6, 6.07) is 10.7. The number of carbonyl (C=O) groups is 3. The first-order chi connectivity index (χ1) is 18.6. The Bertz CT molecular complexity index is 1280. The molecule has 2 amide bonds. The molecule has 0 aliphatic carbocycles. The van der Waals surface area contributed by atoms with Gasteiger partial charge in [0.1, 0.15) is 11.6 Å². The predicted molar refractivity (Wildman–Crippen MR) is 144 cm³/mol. The van der Waals surface area contributed by atoms with Crippen molar-refractivity contribution >= 4 is 24.0 Å². The second kappa shape index (κ2) is 12.1. The van der Waals surface area contributed by atoms with Crippen LogP contribution in [0.5, 0.6) is 0 Å². The van der Waals surface area contributed by atoms with Gasteiger partial charge >= 0.3 is 18.2 Å². The molecule has 215 valence electrons. The van der Waals surface area contributed by atoms with E-state index in [9.17, 15) is 27.6 Å². The minimum Gasteiger partial charge on any atom is -0.467 e. The van der Waals surface area contributed by atoms with Crippen LogP contribution in [0.25, 0.3) is 17.2 Å². The molecule has 0 saturated carbocycles. The average Bonchev–Trinajstić information content (AvgIpc) is 2.89. The van der Waals surface area contributed by atoms with Crippen molar-refractivity contribution in [3.63, 3.8) is 0 Å². The average molecular weight is 560 g/mol. The fourth-order valence-corrected chi connectivity index (χ4v) is 4.53. The summed E-state index contributed by atoms with van der Waals surface area (Å²) in [6.07, 6.45) is -2.86. The van der Waals surface area contributed by atoms with E-state index in [-0.39, 0.29) is 36.7 Å². The van der Waals surface area contributed by atoms with E-state index in [0.29, 0.717) is 5.56 Å². The van der Waals surface area contributed by atoms with E-state index in [4.69, 9.17) is 9.47 Å². The van der Waals surface area contributed by atoms with Gasteiger partial charge in [0.05, 0.1) is 19.2 Å². The number of ether oxygens (including phenoxy) is 2. The van der Waals surface area contributed by atoms with Crippen LogP contribution in [-0.4, -0.2) is 66.2 Å². The van der Waals surface area contributed by atoms with E-state index in [1.54, 1.807) is 45.0 Å². The molecule has 0 bridgehead atoms. The number of rotatable bonds is 5. The summed E-state index contributed by atoms with van der Waals surface area (Å²) in [5, 5.41) is 0. The van der Waals surface area contributed by atoms with Crippen LogP contribution < -0.4 is 0 Å². The Hall–Kier alpha value is -3.82. The van der Waals surface area contributed by atoms with Crippen molar-refractivity contribution in [2.24, 2.45) is 0 Å². The Labute approximate surface area is 232 Å². The van der Waals surface area contributed by atoms with Gasteiger partial charge < -0.3 is 19.3 Å². The number of esters is 1. The Morgan fingerprint density at radius 2 is 1.75 bits per heavy atom. The first-order valence-corrected chi connectivity index (χ1v) is 12.9. The van der Waals surface area contributed by atoms with Gasteiger partial charge in [-0.2, -0.15) is 13.2 Å². The molecule has 0 aromatic heterocycles. The van der Waals surface area contributed by atoms with Crippen LogP contribution in [0.2, 0.25) is 0 Å². The molecule has 1 unspecified atom stereocenters. The summed E-state index contributed by atoms with van der Waals surface area (Å²) in [6.45, 7) is 8.89. The number of hydrogen-bond acceptors (Lipinski definition) is 5. The summed E-state index contributed by atoms with van der Waals surface area (Å²) < 4.78 is 52.5. The van der Waals surface area contributed by atoms with Gasteiger partial charge in [-0.25, -0.2) is 9.59 Å². The number of carbonyl (C=O) groups excluding carboxylic acids is 3. The minimum atomic E-state index is -4.68. The number of halogens is 3. The van der Waals surface area contributed by atoms with Gasteiger partial charge in [0.2, 0.25) is 5.91 Å². The molecule has 0 spiro atoms. The normalized spacial score (nSPS) is 16.4. The zero-order valence-corrected chi connectivity index (χ0v) is 23.5. The van der Waals surface area contributed by atoms with Crippen molar-refractivity contribution in [3.8, 4) is 11.1 Å². The number of benzene rings is 2. The van der Waals surface area contributed by atoms with Gasteiger partial charge in [-0.15, -0.1) is 0 Å². The summed E-state index contributed by atoms with van der Waals surface area (Å²) in [7, 11) is 1.17. The predicted octanol–water partition coefficient (Wildman–Crippen LogP) is 5.93. The maximum atomic E-state index is 14.1. The van der Waals surface area contributed by atoms with Crippen LogP contribution in [-0.2, 0) is 25.2 Å². The molecule has 1 atom stereocenters. The number of piperazine rings is 1. The standard InChI is InChI=1S/C30H34F3N2O5/c1-19(2)21-11-7-8-12-22(21)26-20(10-9-13-23(26)30(31,32)33)14-15-25(36)35-17-16-34(18-24(35)27(37)39-6)28(38)40-29(3,4)5/h7-12,14-15,19,24H,16-18H2,1-6H3/b15-14+. The second-order valence-corrected chi connectivity index (χ2v) is 10.8. The number of alkyl halides is 3. The van der Waals surface area contributed by atoms with E-state index in [1.165, 1.54) is 35.1 Å². The largest absolute Gasteiger partial charge is 0.467 e. The van der Waals surface area contributed by atoms with Gasteiger partial charge in [-0.1, -0.05) is 50.2 Å². The van der Waals surface area contributed by atoms with Crippen LogP contribution in [0.3, 0.4) is 0 Å². The van der Waals surface area contributed by atoms with Crippen molar-refractivity contribution in [1.29, 1.82) is 0 Å². The van der Waals surface area contributed by atoms with Gasteiger partial charge in [0.25, 0.3) is 0 Å². The van der Waals surface area contributed by atoms with Gasteiger partial charge in [0, 0.05) is 24.7 Å². The summed E-state index contributed by atoms with van der Waals surface area (Å²) in [5.41, 5.74) is -0.475. The molecular formula is C30H34F3N2O5. The van der Waals surface area contributed by atoms with Crippen molar-refractivity contribution in [2.45, 2.75) is 58.4 Å². The van der Waals surface area contributed by atoms with E-state index in [0.717, 1.165) is 11.6 Å². The van der Waals surface area contributed by atoms with Crippen molar-refractivity contribution in [2.75, 3.05) is 26.7 Å². The number of amides is 2. The SMILES string of the molecule is COC(=O)C1CN(C(=O)OC(C)(C)C)CCN1C(=O)/C=C/c1cc[c]c(C(F)(F)F)c1-c1ccccc1C(C)C. The lowest BCUT2D eigenvalue weighted by Gasteiger charge is -2.39. The zero-order valence-electron chi connectivity index (χ0n) is 23.5. The van der Waals surface area contributed by atoms with E-state index in [2.05, 4.69) is 6.07 Å². The zero-order chi connectivity index (χ0) is 29.8. The quantitative estimate of drug-likeness (QED) is 0.335. The molecule has 1 heterocycles. The summed E-state index contributed by atoms with van der Waals surface area (Å²) >= 11 is 0. The summed E-state index contributed by atoms with van der Waals surface area (Å²) in [5.74, 6) is -1.39. The molecule has 1 saturated heterocycles.